The predicted molar refractivity (Wildman–Crippen MR) is 103 cm³/mol. The lowest BCUT2D eigenvalue weighted by Gasteiger charge is -2.16. The van der Waals surface area contributed by atoms with Crippen molar-refractivity contribution in [2.45, 2.75) is 12.5 Å². The number of nitrogens with zero attached hydrogens (tertiary/aromatic N) is 2. The number of hydrogen-bond acceptors (Lipinski definition) is 4. The number of carboxylic acid groups (broad SMARTS) is 1. The van der Waals surface area contributed by atoms with Crippen molar-refractivity contribution in [3.63, 3.8) is 0 Å². The van der Waals surface area contributed by atoms with Crippen molar-refractivity contribution in [3.8, 4) is 11.3 Å². The molecule has 1 amide bonds. The standard InChI is InChI=1S/C21H18FN3O4/c1-25-12-16(18(24-25)14-8-5-9-15(22)11-14)20(27)23-17(19(26)21(28)29)10-13-6-3-2-4-7-13/h2-9,11-12,17H,10H2,1H3,(H,23,27)(H,28,29). The first-order valence-corrected chi connectivity index (χ1v) is 8.76. The van der Waals surface area contributed by atoms with Crippen molar-refractivity contribution in [3.05, 3.63) is 77.7 Å². The number of nitrogens with one attached hydrogen (secondary N) is 1. The van der Waals surface area contributed by atoms with Gasteiger partial charge in [-0.15, -0.1) is 0 Å². The highest BCUT2D eigenvalue weighted by atomic mass is 19.1. The summed E-state index contributed by atoms with van der Waals surface area (Å²) >= 11 is 0. The molecular weight excluding hydrogens is 377 g/mol. The highest BCUT2D eigenvalue weighted by Crippen LogP contribution is 2.23. The number of carbonyl (C=O) groups is 3. The van der Waals surface area contributed by atoms with Gasteiger partial charge in [0.15, 0.2) is 0 Å². The first kappa shape index (κ1) is 19.9. The van der Waals surface area contributed by atoms with E-state index in [4.69, 9.17) is 5.11 Å². The molecule has 1 atom stereocenters. The summed E-state index contributed by atoms with van der Waals surface area (Å²) in [7, 11) is 1.60. The minimum atomic E-state index is -1.64. The Kier molecular flexibility index (Phi) is 5.82. The van der Waals surface area contributed by atoms with E-state index in [1.54, 1.807) is 43.4 Å². The van der Waals surface area contributed by atoms with Gasteiger partial charge in [-0.3, -0.25) is 14.3 Å². The molecule has 8 heteroatoms. The average molecular weight is 395 g/mol. The van der Waals surface area contributed by atoms with Crippen molar-refractivity contribution in [2.24, 2.45) is 7.05 Å². The Labute approximate surface area is 165 Å². The summed E-state index contributed by atoms with van der Waals surface area (Å²) in [4.78, 5) is 36.2. The van der Waals surface area contributed by atoms with Crippen LogP contribution >= 0.6 is 0 Å². The molecule has 1 unspecified atom stereocenters. The second-order valence-electron chi connectivity index (χ2n) is 6.46. The molecule has 1 aromatic heterocycles. The van der Waals surface area contributed by atoms with Gasteiger partial charge in [0.2, 0.25) is 0 Å². The van der Waals surface area contributed by atoms with Crippen LogP contribution in [0.25, 0.3) is 11.3 Å². The zero-order valence-corrected chi connectivity index (χ0v) is 15.5. The third kappa shape index (κ3) is 4.73. The lowest BCUT2D eigenvalue weighted by atomic mass is 10.0. The van der Waals surface area contributed by atoms with Crippen molar-refractivity contribution < 1.29 is 23.9 Å². The van der Waals surface area contributed by atoms with Crippen molar-refractivity contribution in [2.75, 3.05) is 0 Å². The number of benzene rings is 2. The van der Waals surface area contributed by atoms with Crippen LogP contribution in [0.1, 0.15) is 15.9 Å². The fourth-order valence-electron chi connectivity index (χ4n) is 2.95. The summed E-state index contributed by atoms with van der Waals surface area (Å²) in [6, 6.07) is 13.1. The average Bonchev–Trinajstić information content (AvgIpc) is 3.09. The number of carbonyl (C=O) groups excluding carboxylic acids is 2. The smallest absolute Gasteiger partial charge is 0.374 e. The molecule has 2 aromatic carbocycles. The molecule has 7 nitrogen and oxygen atoms in total. The molecule has 29 heavy (non-hydrogen) atoms. The monoisotopic (exact) mass is 395 g/mol. The van der Waals surface area contributed by atoms with Crippen LogP contribution in [0.15, 0.2) is 60.8 Å². The van der Waals surface area contributed by atoms with Gasteiger partial charge in [-0.1, -0.05) is 42.5 Å². The molecule has 1 heterocycles. The largest absolute Gasteiger partial charge is 0.475 e. The first-order chi connectivity index (χ1) is 13.8. The number of aliphatic carboxylic acids is 1. The quantitative estimate of drug-likeness (QED) is 0.598. The van der Waals surface area contributed by atoms with Crippen LogP contribution in [-0.2, 0) is 23.1 Å². The summed E-state index contributed by atoms with van der Waals surface area (Å²) in [6.07, 6.45) is 1.45. The number of aryl methyl sites for hydroxylation is 1. The number of rotatable bonds is 7. The molecular formula is C21H18FN3O4. The third-order valence-electron chi connectivity index (χ3n) is 4.29. The number of amides is 1. The molecule has 0 aliphatic carbocycles. The summed E-state index contributed by atoms with van der Waals surface area (Å²) in [5, 5.41) is 15.8. The topological polar surface area (TPSA) is 101 Å². The van der Waals surface area contributed by atoms with Gasteiger partial charge in [-0.05, 0) is 17.7 Å². The van der Waals surface area contributed by atoms with E-state index in [1.165, 1.54) is 29.1 Å². The van der Waals surface area contributed by atoms with E-state index in [1.807, 2.05) is 0 Å². The van der Waals surface area contributed by atoms with E-state index < -0.39 is 29.5 Å². The number of ketones is 1. The predicted octanol–water partition coefficient (Wildman–Crippen LogP) is 2.22. The molecule has 3 rings (SSSR count). The van der Waals surface area contributed by atoms with Crippen LogP contribution in [-0.4, -0.2) is 38.6 Å². The molecule has 0 aliphatic rings. The van der Waals surface area contributed by atoms with E-state index in [-0.39, 0.29) is 17.7 Å². The molecule has 0 saturated carbocycles. The second-order valence-corrected chi connectivity index (χ2v) is 6.46. The number of halogens is 1. The summed E-state index contributed by atoms with van der Waals surface area (Å²) < 4.78 is 15.0. The molecule has 0 bridgehead atoms. The minimum absolute atomic E-state index is 0.0211. The highest BCUT2D eigenvalue weighted by molar-refractivity contribution is 6.35. The van der Waals surface area contributed by atoms with Crippen LogP contribution in [0, 0.1) is 5.82 Å². The van der Waals surface area contributed by atoms with E-state index in [0.717, 1.165) is 0 Å². The lowest BCUT2D eigenvalue weighted by molar-refractivity contribution is -0.149. The molecule has 2 N–H and O–H groups in total. The fraction of sp³-hybridized carbons (Fsp3) is 0.143. The number of hydrogen-bond donors (Lipinski definition) is 2. The van der Waals surface area contributed by atoms with Crippen molar-refractivity contribution in [1.29, 1.82) is 0 Å². The van der Waals surface area contributed by atoms with Crippen molar-refractivity contribution in [1.82, 2.24) is 15.1 Å². The molecule has 0 aliphatic heterocycles. The maximum absolute atomic E-state index is 13.6. The Morgan fingerprint density at radius 3 is 2.52 bits per heavy atom. The second kappa shape index (κ2) is 8.47. The molecule has 0 fully saturated rings. The fourth-order valence-corrected chi connectivity index (χ4v) is 2.95. The van der Waals surface area contributed by atoms with E-state index in [2.05, 4.69) is 10.4 Å². The van der Waals surface area contributed by atoms with E-state index in [0.29, 0.717) is 11.1 Å². The SMILES string of the molecule is Cn1cc(C(=O)NC(Cc2ccccc2)C(=O)C(=O)O)c(-c2cccc(F)c2)n1. The summed E-state index contributed by atoms with van der Waals surface area (Å²) in [6.45, 7) is 0. The van der Waals surface area contributed by atoms with Crippen molar-refractivity contribution >= 4 is 17.7 Å². The normalized spacial score (nSPS) is 11.7. The van der Waals surface area contributed by atoms with E-state index >= 15 is 0 Å². The van der Waals surface area contributed by atoms with Crippen LogP contribution in [0.3, 0.4) is 0 Å². The maximum Gasteiger partial charge on any atom is 0.374 e. The van der Waals surface area contributed by atoms with Gasteiger partial charge in [-0.2, -0.15) is 5.10 Å². The minimum Gasteiger partial charge on any atom is -0.475 e. The third-order valence-corrected chi connectivity index (χ3v) is 4.29. The van der Waals surface area contributed by atoms with Gasteiger partial charge in [0.1, 0.15) is 17.6 Å². The van der Waals surface area contributed by atoms with Gasteiger partial charge >= 0.3 is 5.97 Å². The van der Waals surface area contributed by atoms with Gasteiger partial charge in [0.25, 0.3) is 11.7 Å². The Bertz CT molecular complexity index is 1060. The van der Waals surface area contributed by atoms with Gasteiger partial charge in [0, 0.05) is 25.2 Å². The Hall–Kier alpha value is -3.81. The summed E-state index contributed by atoms with van der Waals surface area (Å²) in [5.74, 6) is -3.92. The lowest BCUT2D eigenvalue weighted by Crippen LogP contribution is -2.45. The number of Topliss-reactive ketones (excluding diaryl/α,β-unsaturated/α-hetero) is 1. The number of carboxylic acids is 1. The van der Waals surface area contributed by atoms with Gasteiger partial charge in [0.05, 0.1) is 5.56 Å². The van der Waals surface area contributed by atoms with Crippen LogP contribution in [0.5, 0.6) is 0 Å². The number of aromatic nitrogens is 2. The summed E-state index contributed by atoms with van der Waals surface area (Å²) in [5.41, 5.74) is 1.42. The molecule has 0 radical (unpaired) electrons. The van der Waals surface area contributed by atoms with Gasteiger partial charge in [-0.25, -0.2) is 9.18 Å². The van der Waals surface area contributed by atoms with Gasteiger partial charge < -0.3 is 10.4 Å². The maximum atomic E-state index is 13.6. The highest BCUT2D eigenvalue weighted by Gasteiger charge is 2.28. The Morgan fingerprint density at radius 2 is 1.86 bits per heavy atom. The molecule has 3 aromatic rings. The molecule has 0 spiro atoms. The molecule has 0 saturated heterocycles. The molecule has 148 valence electrons. The Morgan fingerprint density at radius 1 is 1.14 bits per heavy atom. The van der Waals surface area contributed by atoms with Crippen LogP contribution in [0.2, 0.25) is 0 Å². The zero-order chi connectivity index (χ0) is 21.0. The zero-order valence-electron chi connectivity index (χ0n) is 15.5. The Balaban J connectivity index is 1.90. The first-order valence-electron chi connectivity index (χ1n) is 8.76. The van der Waals surface area contributed by atoms with E-state index in [9.17, 15) is 18.8 Å². The van der Waals surface area contributed by atoms with Crippen LogP contribution < -0.4 is 5.32 Å². The van der Waals surface area contributed by atoms with Crippen LogP contribution in [0.4, 0.5) is 4.39 Å².